The minimum Gasteiger partial charge on any atom is -0.346 e. The lowest BCUT2D eigenvalue weighted by molar-refractivity contribution is -0.132. The summed E-state index contributed by atoms with van der Waals surface area (Å²) in [5.41, 5.74) is 3.33. The maximum Gasteiger partial charge on any atom is 0.242 e. The topological polar surface area (TPSA) is 94.6 Å². The van der Waals surface area contributed by atoms with Crippen molar-refractivity contribution in [2.45, 2.75) is 0 Å². The summed E-state index contributed by atoms with van der Waals surface area (Å²) in [5.74, 6) is -0.792. The number of likely N-dealkylation sites (tertiary alicyclic amines) is 1. The van der Waals surface area contributed by atoms with Crippen LogP contribution >= 0.6 is 15.9 Å². The van der Waals surface area contributed by atoms with Crippen molar-refractivity contribution in [3.63, 3.8) is 0 Å². The molecule has 0 atom stereocenters. The van der Waals surface area contributed by atoms with Crippen LogP contribution in [0.25, 0.3) is 17.0 Å². The number of benzene rings is 2. The third kappa shape index (κ3) is 6.25. The van der Waals surface area contributed by atoms with Gasteiger partial charge in [-0.1, -0.05) is 52.3 Å². The number of Topliss-reactive ketones (excluding diaryl/α,β-unsaturated/α-hetero) is 1. The van der Waals surface area contributed by atoms with Crippen LogP contribution in [0.15, 0.2) is 59.7 Å². The first kappa shape index (κ1) is 23.6. The number of halogens is 1. The zero-order valence-corrected chi connectivity index (χ0v) is 19.1. The van der Waals surface area contributed by atoms with E-state index in [-0.39, 0.29) is 42.6 Å². The molecule has 2 aromatic carbocycles. The van der Waals surface area contributed by atoms with Gasteiger partial charge in [0.1, 0.15) is 0 Å². The van der Waals surface area contributed by atoms with E-state index in [9.17, 15) is 14.4 Å². The highest BCUT2D eigenvalue weighted by atomic mass is 79.9. The van der Waals surface area contributed by atoms with Crippen molar-refractivity contribution in [3.05, 3.63) is 87.8 Å². The number of hydrogen-bond acceptors (Lipinski definition) is 4. The molecule has 0 aliphatic carbocycles. The average molecular weight is 503 g/mol. The first-order chi connectivity index (χ1) is 15.9. The molecule has 0 aromatic heterocycles. The molecule has 1 aliphatic heterocycles. The van der Waals surface area contributed by atoms with E-state index in [1.165, 1.54) is 4.90 Å². The molecule has 0 unspecified atom stereocenters. The third-order valence-corrected chi connectivity index (χ3v) is 5.47. The summed E-state index contributed by atoms with van der Waals surface area (Å²) in [6.07, 6.45) is 3.41. The minimum absolute atomic E-state index is 0.0916. The summed E-state index contributed by atoms with van der Waals surface area (Å²) in [7, 11) is 0. The van der Waals surface area contributed by atoms with Gasteiger partial charge in [-0.2, -0.15) is 5.26 Å². The van der Waals surface area contributed by atoms with Gasteiger partial charge in [0.05, 0.1) is 30.1 Å². The van der Waals surface area contributed by atoms with Gasteiger partial charge in [-0.05, 0) is 35.4 Å². The van der Waals surface area contributed by atoms with E-state index in [0.717, 1.165) is 11.1 Å². The maximum absolute atomic E-state index is 13.2. The van der Waals surface area contributed by atoms with Crippen LogP contribution in [0.2, 0.25) is 0 Å². The molecule has 2 amide bonds. The van der Waals surface area contributed by atoms with Crippen LogP contribution in [0.3, 0.4) is 0 Å². The number of alkyl halides is 1. The smallest absolute Gasteiger partial charge is 0.242 e. The Bertz CT molecular complexity index is 1140. The Morgan fingerprint density at radius 2 is 1.61 bits per heavy atom. The van der Waals surface area contributed by atoms with Crippen LogP contribution < -0.4 is 5.32 Å². The molecule has 1 saturated heterocycles. The first-order valence-corrected chi connectivity index (χ1v) is 11.1. The molecular formula is C25H19BrN4O3. The standard InChI is InChI=1S/C25H19BrN4O3/c1-28-22-8-6-18(7-9-22)11-21-16-30(24(32)14-29-23(31)12-26)15-20(25(21)33)10-17-2-4-19(13-27)5-3-17/h2-11H,12,14-16H2,(H,29,31)/b20-10+,21-11+. The minimum atomic E-state index is -0.309. The number of amides is 2. The lowest BCUT2D eigenvalue weighted by Gasteiger charge is -2.30. The highest BCUT2D eigenvalue weighted by molar-refractivity contribution is 9.09. The predicted octanol–water partition coefficient (Wildman–Crippen LogP) is 3.50. The molecular weight excluding hydrogens is 484 g/mol. The normalized spacial score (nSPS) is 15.7. The highest BCUT2D eigenvalue weighted by Gasteiger charge is 2.29. The summed E-state index contributed by atoms with van der Waals surface area (Å²) < 4.78 is 0. The Morgan fingerprint density at radius 3 is 2.09 bits per heavy atom. The van der Waals surface area contributed by atoms with Crippen molar-refractivity contribution in [1.29, 1.82) is 5.26 Å². The van der Waals surface area contributed by atoms with Crippen LogP contribution in [-0.2, 0) is 14.4 Å². The van der Waals surface area contributed by atoms with E-state index in [4.69, 9.17) is 11.8 Å². The molecule has 0 saturated carbocycles. The maximum atomic E-state index is 13.2. The van der Waals surface area contributed by atoms with Gasteiger partial charge in [0.25, 0.3) is 0 Å². The largest absolute Gasteiger partial charge is 0.346 e. The van der Waals surface area contributed by atoms with Gasteiger partial charge >= 0.3 is 0 Å². The molecule has 1 fully saturated rings. The quantitative estimate of drug-likeness (QED) is 0.384. The van der Waals surface area contributed by atoms with Crippen molar-refractivity contribution < 1.29 is 14.4 Å². The Morgan fingerprint density at radius 1 is 1.06 bits per heavy atom. The lowest BCUT2D eigenvalue weighted by Crippen LogP contribution is -2.46. The predicted molar refractivity (Wildman–Crippen MR) is 128 cm³/mol. The SMILES string of the molecule is [C-]#[N+]c1ccc(/C=C2\CN(C(=O)CNC(=O)CBr)C/C(=C\c3ccc(C#N)cc3)C2=O)cc1. The fourth-order valence-corrected chi connectivity index (χ4v) is 3.45. The number of rotatable bonds is 5. The summed E-state index contributed by atoms with van der Waals surface area (Å²) in [6, 6.07) is 15.7. The van der Waals surface area contributed by atoms with E-state index < -0.39 is 0 Å². The summed E-state index contributed by atoms with van der Waals surface area (Å²) in [6.45, 7) is 7.11. The Hall–Kier alpha value is -4.01. The summed E-state index contributed by atoms with van der Waals surface area (Å²) in [5, 5.41) is 11.6. The third-order valence-electron chi connectivity index (χ3n) is 4.96. The lowest BCUT2D eigenvalue weighted by atomic mass is 9.94. The Labute approximate surface area is 200 Å². The average Bonchev–Trinajstić information content (AvgIpc) is 2.85. The molecule has 7 nitrogen and oxygen atoms in total. The number of nitrogens with one attached hydrogen (secondary N) is 1. The highest BCUT2D eigenvalue weighted by Crippen LogP contribution is 2.23. The second-order valence-corrected chi connectivity index (χ2v) is 7.83. The van der Waals surface area contributed by atoms with Crippen molar-refractivity contribution in [2.24, 2.45) is 0 Å². The Balaban J connectivity index is 1.93. The Kier molecular flexibility index (Phi) is 7.91. The monoisotopic (exact) mass is 502 g/mol. The van der Waals surface area contributed by atoms with Crippen LogP contribution in [0.1, 0.15) is 16.7 Å². The fourth-order valence-electron chi connectivity index (χ4n) is 3.25. The molecule has 0 radical (unpaired) electrons. The molecule has 33 heavy (non-hydrogen) atoms. The van der Waals surface area contributed by atoms with Gasteiger partial charge in [0.2, 0.25) is 11.8 Å². The van der Waals surface area contributed by atoms with Crippen molar-refractivity contribution in [1.82, 2.24) is 10.2 Å². The van der Waals surface area contributed by atoms with E-state index in [2.05, 4.69) is 32.2 Å². The van der Waals surface area contributed by atoms with Crippen LogP contribution in [0, 0.1) is 17.9 Å². The molecule has 1 aliphatic rings. The number of ketones is 1. The van der Waals surface area contributed by atoms with Gasteiger partial charge in [-0.3, -0.25) is 14.4 Å². The van der Waals surface area contributed by atoms with Crippen molar-refractivity contribution >= 4 is 51.4 Å². The van der Waals surface area contributed by atoms with E-state index in [1.807, 2.05) is 0 Å². The molecule has 164 valence electrons. The molecule has 2 aromatic rings. The number of nitrogens with zero attached hydrogens (tertiary/aromatic N) is 3. The molecule has 3 rings (SSSR count). The molecule has 1 N–H and O–H groups in total. The van der Waals surface area contributed by atoms with Gasteiger partial charge in [0, 0.05) is 24.2 Å². The zero-order chi connectivity index (χ0) is 23.8. The molecule has 0 spiro atoms. The number of piperidine rings is 1. The second kappa shape index (κ2) is 11.0. The second-order valence-electron chi connectivity index (χ2n) is 7.27. The van der Waals surface area contributed by atoms with Gasteiger partial charge in [-0.15, -0.1) is 0 Å². The zero-order valence-electron chi connectivity index (χ0n) is 17.5. The van der Waals surface area contributed by atoms with Gasteiger partial charge in [0.15, 0.2) is 11.5 Å². The van der Waals surface area contributed by atoms with Crippen LogP contribution in [0.5, 0.6) is 0 Å². The van der Waals surface area contributed by atoms with Crippen LogP contribution in [0.4, 0.5) is 5.69 Å². The van der Waals surface area contributed by atoms with Crippen LogP contribution in [-0.4, -0.2) is 47.5 Å². The summed E-state index contributed by atoms with van der Waals surface area (Å²) >= 11 is 3.04. The first-order valence-electron chi connectivity index (χ1n) is 9.97. The van der Waals surface area contributed by atoms with Crippen molar-refractivity contribution in [2.75, 3.05) is 25.0 Å². The number of carbonyl (C=O) groups excluding carboxylic acids is 3. The van der Waals surface area contributed by atoms with E-state index >= 15 is 0 Å². The van der Waals surface area contributed by atoms with E-state index in [1.54, 1.807) is 60.7 Å². The number of carbonyl (C=O) groups is 3. The molecule has 0 bridgehead atoms. The van der Waals surface area contributed by atoms with Crippen molar-refractivity contribution in [3.8, 4) is 6.07 Å². The fraction of sp³-hybridized carbons (Fsp3) is 0.160. The number of nitriles is 1. The van der Waals surface area contributed by atoms with Gasteiger partial charge < -0.3 is 10.2 Å². The van der Waals surface area contributed by atoms with Gasteiger partial charge in [-0.25, -0.2) is 4.85 Å². The molecule has 8 heteroatoms. The summed E-state index contributed by atoms with van der Waals surface area (Å²) in [4.78, 5) is 42.4. The van der Waals surface area contributed by atoms with E-state index in [0.29, 0.717) is 22.4 Å². The number of hydrogen-bond donors (Lipinski definition) is 1. The molecule has 1 heterocycles.